The molecule has 0 saturated carbocycles. The molecule has 0 spiro atoms. The van der Waals surface area contributed by atoms with Crippen molar-refractivity contribution in [1.29, 1.82) is 0 Å². The highest BCUT2D eigenvalue weighted by molar-refractivity contribution is 7.94. The Morgan fingerprint density at radius 1 is 1.39 bits per heavy atom. The number of hydrogen-bond acceptors (Lipinski definition) is 6. The molecule has 0 radical (unpaired) electrons. The average Bonchev–Trinajstić information content (AvgIpc) is 2.99. The smallest absolute Gasteiger partial charge is 0.262 e. The molecule has 8 heteroatoms. The molecule has 0 aliphatic carbocycles. The highest BCUT2D eigenvalue weighted by atomic mass is 32.2. The zero-order chi connectivity index (χ0) is 16.8. The molecule has 1 aliphatic heterocycles. The lowest BCUT2D eigenvalue weighted by Crippen LogP contribution is -2.35. The van der Waals surface area contributed by atoms with Gasteiger partial charge in [0, 0.05) is 22.9 Å². The molecule has 1 amide bonds. The van der Waals surface area contributed by atoms with E-state index in [4.69, 9.17) is 0 Å². The van der Waals surface area contributed by atoms with Gasteiger partial charge in [-0.1, -0.05) is 6.92 Å². The summed E-state index contributed by atoms with van der Waals surface area (Å²) in [7, 11) is -3.19. The fraction of sp³-hybridized carbons (Fsp3) is 0.400. The van der Waals surface area contributed by atoms with Gasteiger partial charge in [0.2, 0.25) is 0 Å². The molecule has 0 aromatic carbocycles. The Bertz CT molecular complexity index is 929. The molecule has 0 bridgehead atoms. The van der Waals surface area contributed by atoms with E-state index in [1.807, 2.05) is 20.8 Å². The van der Waals surface area contributed by atoms with Gasteiger partial charge in [0.25, 0.3) is 5.91 Å². The fourth-order valence-electron chi connectivity index (χ4n) is 2.67. The summed E-state index contributed by atoms with van der Waals surface area (Å²) in [5.41, 5.74) is 1.70. The maximum atomic E-state index is 12.5. The lowest BCUT2D eigenvalue weighted by molar-refractivity contribution is 0.0951. The van der Waals surface area contributed by atoms with Crippen molar-refractivity contribution in [2.24, 2.45) is 0 Å². The molecule has 1 unspecified atom stereocenters. The predicted octanol–water partition coefficient (Wildman–Crippen LogP) is 1.91. The third-order valence-corrected chi connectivity index (χ3v) is 6.37. The van der Waals surface area contributed by atoms with Gasteiger partial charge in [-0.15, -0.1) is 11.3 Å². The van der Waals surface area contributed by atoms with Crippen molar-refractivity contribution in [1.82, 2.24) is 15.3 Å². The minimum Gasteiger partial charge on any atom is -0.344 e. The highest BCUT2D eigenvalue weighted by Gasteiger charge is 2.25. The number of carbonyl (C=O) groups excluding carboxylic acids is 1. The largest absolute Gasteiger partial charge is 0.344 e. The number of amides is 1. The van der Waals surface area contributed by atoms with Crippen molar-refractivity contribution in [2.45, 2.75) is 33.2 Å². The Morgan fingerprint density at radius 2 is 2.13 bits per heavy atom. The van der Waals surface area contributed by atoms with E-state index in [2.05, 4.69) is 15.3 Å². The molecule has 1 atom stereocenters. The third kappa shape index (κ3) is 3.00. The highest BCUT2D eigenvalue weighted by Crippen LogP contribution is 2.31. The second-order valence-corrected chi connectivity index (χ2v) is 8.48. The molecule has 2 aromatic heterocycles. The number of aromatic nitrogens is 2. The maximum Gasteiger partial charge on any atom is 0.262 e. The monoisotopic (exact) mass is 351 g/mol. The summed E-state index contributed by atoms with van der Waals surface area (Å²) < 4.78 is 22.9. The number of aryl methyl sites for hydroxylation is 3. The number of rotatable bonds is 3. The zero-order valence-electron chi connectivity index (χ0n) is 13.1. The topological polar surface area (TPSA) is 89.0 Å². The molecular weight excluding hydrogens is 334 g/mol. The van der Waals surface area contributed by atoms with Crippen LogP contribution in [0.5, 0.6) is 0 Å². The van der Waals surface area contributed by atoms with E-state index in [0.29, 0.717) is 4.88 Å². The lowest BCUT2D eigenvalue weighted by Gasteiger charge is -2.09. The van der Waals surface area contributed by atoms with Crippen LogP contribution >= 0.6 is 11.3 Å². The lowest BCUT2D eigenvalue weighted by atomic mass is 10.1. The van der Waals surface area contributed by atoms with E-state index in [0.717, 1.165) is 39.1 Å². The molecule has 2 aromatic rings. The van der Waals surface area contributed by atoms with Gasteiger partial charge in [-0.2, -0.15) is 0 Å². The zero-order valence-corrected chi connectivity index (χ0v) is 14.7. The number of nitrogens with zero attached hydrogens (tertiary/aromatic N) is 2. The van der Waals surface area contributed by atoms with Crippen LogP contribution in [-0.2, 0) is 16.3 Å². The first-order chi connectivity index (χ1) is 10.8. The first kappa shape index (κ1) is 16.1. The maximum absolute atomic E-state index is 12.5. The molecular formula is C15H17N3O3S2. The van der Waals surface area contributed by atoms with Crippen molar-refractivity contribution in [3.8, 4) is 0 Å². The Hall–Kier alpha value is -1.80. The minimum absolute atomic E-state index is 0.0818. The molecule has 3 rings (SSSR count). The quantitative estimate of drug-likeness (QED) is 0.912. The summed E-state index contributed by atoms with van der Waals surface area (Å²) in [6, 6.07) is -0.476. The SMILES string of the molecule is CCc1nc(C)c2c(C)c(C(=O)NC3C=CS(=O)(=O)C3)sc2n1. The van der Waals surface area contributed by atoms with Crippen LogP contribution in [0.4, 0.5) is 0 Å². The molecule has 1 aliphatic rings. The Balaban J connectivity index is 1.94. The first-order valence-corrected chi connectivity index (χ1v) is 9.82. The van der Waals surface area contributed by atoms with Crippen LogP contribution in [0.2, 0.25) is 0 Å². The van der Waals surface area contributed by atoms with Gasteiger partial charge >= 0.3 is 0 Å². The summed E-state index contributed by atoms with van der Waals surface area (Å²) in [5, 5.41) is 4.82. The van der Waals surface area contributed by atoms with Gasteiger partial charge in [-0.05, 0) is 25.5 Å². The van der Waals surface area contributed by atoms with E-state index in [9.17, 15) is 13.2 Å². The molecule has 3 heterocycles. The van der Waals surface area contributed by atoms with Crippen molar-refractivity contribution in [3.63, 3.8) is 0 Å². The van der Waals surface area contributed by atoms with Crippen LogP contribution in [0.1, 0.15) is 33.7 Å². The van der Waals surface area contributed by atoms with Crippen molar-refractivity contribution in [3.05, 3.63) is 33.4 Å². The van der Waals surface area contributed by atoms with Crippen LogP contribution in [0, 0.1) is 13.8 Å². The number of carbonyl (C=O) groups is 1. The Morgan fingerprint density at radius 3 is 2.74 bits per heavy atom. The van der Waals surface area contributed by atoms with Gasteiger partial charge in [0.05, 0.1) is 16.7 Å². The van der Waals surface area contributed by atoms with Gasteiger partial charge in [-0.25, -0.2) is 18.4 Å². The van der Waals surface area contributed by atoms with Gasteiger partial charge < -0.3 is 5.32 Å². The van der Waals surface area contributed by atoms with Crippen LogP contribution in [0.25, 0.3) is 10.2 Å². The van der Waals surface area contributed by atoms with E-state index in [1.54, 1.807) is 0 Å². The minimum atomic E-state index is -3.19. The van der Waals surface area contributed by atoms with Crippen LogP contribution in [0.3, 0.4) is 0 Å². The van der Waals surface area contributed by atoms with E-state index >= 15 is 0 Å². The van der Waals surface area contributed by atoms with E-state index in [1.165, 1.54) is 17.4 Å². The number of sulfone groups is 1. The summed E-state index contributed by atoms with van der Waals surface area (Å²) in [6.07, 6.45) is 2.25. The van der Waals surface area contributed by atoms with Crippen molar-refractivity contribution in [2.75, 3.05) is 5.75 Å². The normalized spacial score (nSPS) is 19.3. The fourth-order valence-corrected chi connectivity index (χ4v) is 5.06. The molecule has 6 nitrogen and oxygen atoms in total. The molecule has 23 heavy (non-hydrogen) atoms. The average molecular weight is 351 g/mol. The second-order valence-electron chi connectivity index (χ2n) is 5.55. The number of hydrogen-bond donors (Lipinski definition) is 1. The van der Waals surface area contributed by atoms with Crippen LogP contribution in [-0.4, -0.2) is 36.1 Å². The predicted molar refractivity (Wildman–Crippen MR) is 90.4 cm³/mol. The summed E-state index contributed by atoms with van der Waals surface area (Å²) >= 11 is 1.32. The van der Waals surface area contributed by atoms with Crippen LogP contribution < -0.4 is 5.32 Å². The third-order valence-electron chi connectivity index (χ3n) is 3.79. The molecule has 0 saturated heterocycles. The Kier molecular flexibility index (Phi) is 3.97. The van der Waals surface area contributed by atoms with E-state index < -0.39 is 15.9 Å². The number of thiophene rings is 1. The van der Waals surface area contributed by atoms with E-state index in [-0.39, 0.29) is 11.7 Å². The number of fused-ring (bicyclic) bond motifs is 1. The van der Waals surface area contributed by atoms with Gasteiger partial charge in [-0.3, -0.25) is 4.79 Å². The van der Waals surface area contributed by atoms with Crippen molar-refractivity contribution < 1.29 is 13.2 Å². The molecule has 0 fully saturated rings. The molecule has 1 N–H and O–H groups in total. The van der Waals surface area contributed by atoms with Crippen LogP contribution in [0.15, 0.2) is 11.5 Å². The summed E-state index contributed by atoms with van der Waals surface area (Å²) in [6.45, 7) is 5.77. The first-order valence-electron chi connectivity index (χ1n) is 7.29. The van der Waals surface area contributed by atoms with Gasteiger partial charge in [0.1, 0.15) is 10.7 Å². The summed E-state index contributed by atoms with van der Waals surface area (Å²) in [4.78, 5) is 22.8. The summed E-state index contributed by atoms with van der Waals surface area (Å²) in [5.74, 6) is 0.407. The Labute approximate surface area is 138 Å². The number of nitrogens with one attached hydrogen (secondary N) is 1. The van der Waals surface area contributed by atoms with Crippen molar-refractivity contribution >= 4 is 37.3 Å². The van der Waals surface area contributed by atoms with Gasteiger partial charge in [0.15, 0.2) is 9.84 Å². The standard InChI is InChI=1S/C15H17N3O3S2/c1-4-11-16-9(3)12-8(2)13(22-15(12)18-11)14(19)17-10-5-6-23(20,21)7-10/h5-6,10H,4,7H2,1-3H3,(H,17,19). The second kappa shape index (κ2) is 5.68. The molecule has 122 valence electrons.